The minimum absolute atomic E-state index is 0.0376. The van der Waals surface area contributed by atoms with Crippen LogP contribution in [0.3, 0.4) is 0 Å². The van der Waals surface area contributed by atoms with Crippen LogP contribution in [-0.4, -0.2) is 42.3 Å². The van der Waals surface area contributed by atoms with Crippen molar-refractivity contribution in [1.29, 1.82) is 0 Å². The van der Waals surface area contributed by atoms with Gasteiger partial charge in [-0.2, -0.15) is 0 Å². The normalized spacial score (nSPS) is 35.4. The third-order valence-corrected chi connectivity index (χ3v) is 3.40. The Kier molecular flexibility index (Phi) is 3.50. The number of amides is 1. The summed E-state index contributed by atoms with van der Waals surface area (Å²) in [7, 11) is 0. The third-order valence-electron chi connectivity index (χ3n) is 3.40. The van der Waals surface area contributed by atoms with Gasteiger partial charge < -0.3 is 9.64 Å². The Morgan fingerprint density at radius 1 is 1.56 bits per heavy atom. The van der Waals surface area contributed by atoms with Crippen LogP contribution in [0.2, 0.25) is 0 Å². The first kappa shape index (κ1) is 11.9. The summed E-state index contributed by atoms with van der Waals surface area (Å²) in [5.74, 6) is 0.835. The fraction of sp³-hybridized carbons (Fsp3) is 0.917. The highest BCUT2D eigenvalue weighted by Gasteiger charge is 2.41. The summed E-state index contributed by atoms with van der Waals surface area (Å²) in [6.07, 6.45) is 2.20. The van der Waals surface area contributed by atoms with Crippen LogP contribution in [0.1, 0.15) is 33.6 Å². The van der Waals surface area contributed by atoms with Crippen LogP contribution < -0.4 is 5.32 Å². The van der Waals surface area contributed by atoms with Gasteiger partial charge >= 0.3 is 0 Å². The maximum atomic E-state index is 12.1. The predicted molar refractivity (Wildman–Crippen MR) is 61.9 cm³/mol. The van der Waals surface area contributed by atoms with Gasteiger partial charge in [0, 0.05) is 6.61 Å². The molecule has 0 radical (unpaired) electrons. The van der Waals surface area contributed by atoms with E-state index in [0.29, 0.717) is 12.5 Å². The van der Waals surface area contributed by atoms with Crippen molar-refractivity contribution in [3.63, 3.8) is 0 Å². The van der Waals surface area contributed by atoms with E-state index >= 15 is 0 Å². The topological polar surface area (TPSA) is 41.6 Å². The summed E-state index contributed by atoms with van der Waals surface area (Å²) in [6, 6.07) is 0.248. The Bertz CT molecular complexity index is 262. The Labute approximate surface area is 97.3 Å². The van der Waals surface area contributed by atoms with E-state index in [1.807, 2.05) is 11.8 Å². The first-order valence-corrected chi connectivity index (χ1v) is 6.25. The van der Waals surface area contributed by atoms with E-state index in [0.717, 1.165) is 19.4 Å². The largest absolute Gasteiger partial charge is 0.379 e. The molecule has 0 saturated carbocycles. The smallest absolute Gasteiger partial charge is 0.241 e. The molecule has 0 aromatic carbocycles. The Morgan fingerprint density at radius 2 is 2.31 bits per heavy atom. The first-order chi connectivity index (χ1) is 7.59. The number of nitrogens with zero attached hydrogens (tertiary/aromatic N) is 1. The minimum Gasteiger partial charge on any atom is -0.379 e. The average Bonchev–Trinajstić information content (AvgIpc) is 2.76. The maximum absolute atomic E-state index is 12.1. The van der Waals surface area contributed by atoms with Crippen molar-refractivity contribution in [2.75, 3.05) is 13.2 Å². The molecule has 4 nitrogen and oxygen atoms in total. The SMILES string of the molecule is CC(C)CC1NC(C)C(=O)N1C1CCOC1. The van der Waals surface area contributed by atoms with Crippen LogP contribution in [0.5, 0.6) is 0 Å². The van der Waals surface area contributed by atoms with E-state index in [9.17, 15) is 4.79 Å². The zero-order valence-corrected chi connectivity index (χ0v) is 10.4. The summed E-state index contributed by atoms with van der Waals surface area (Å²) >= 11 is 0. The fourth-order valence-electron chi connectivity index (χ4n) is 2.62. The molecule has 1 N–H and O–H groups in total. The van der Waals surface area contributed by atoms with Gasteiger partial charge in [0.25, 0.3) is 0 Å². The van der Waals surface area contributed by atoms with Crippen LogP contribution in [0.15, 0.2) is 0 Å². The van der Waals surface area contributed by atoms with Gasteiger partial charge in [-0.25, -0.2) is 0 Å². The van der Waals surface area contributed by atoms with Crippen LogP contribution in [0.4, 0.5) is 0 Å². The van der Waals surface area contributed by atoms with Gasteiger partial charge in [-0.15, -0.1) is 0 Å². The maximum Gasteiger partial charge on any atom is 0.241 e. The van der Waals surface area contributed by atoms with Gasteiger partial charge in [0.05, 0.1) is 24.9 Å². The minimum atomic E-state index is -0.0376. The lowest BCUT2D eigenvalue weighted by Gasteiger charge is -2.30. The summed E-state index contributed by atoms with van der Waals surface area (Å²) in [6.45, 7) is 7.83. The van der Waals surface area contributed by atoms with Crippen LogP contribution >= 0.6 is 0 Å². The van der Waals surface area contributed by atoms with Crippen molar-refractivity contribution in [3.05, 3.63) is 0 Å². The lowest BCUT2D eigenvalue weighted by atomic mass is 10.1. The molecular weight excluding hydrogens is 204 g/mol. The highest BCUT2D eigenvalue weighted by molar-refractivity contribution is 5.84. The summed E-state index contributed by atoms with van der Waals surface area (Å²) in [5, 5.41) is 3.38. The van der Waals surface area contributed by atoms with E-state index in [1.54, 1.807) is 0 Å². The fourth-order valence-corrected chi connectivity index (χ4v) is 2.62. The highest BCUT2D eigenvalue weighted by atomic mass is 16.5. The third kappa shape index (κ3) is 2.23. The van der Waals surface area contributed by atoms with Crippen LogP contribution in [0.25, 0.3) is 0 Å². The highest BCUT2D eigenvalue weighted by Crippen LogP contribution is 2.24. The van der Waals surface area contributed by atoms with Gasteiger partial charge in [-0.1, -0.05) is 13.8 Å². The standard InChI is InChI=1S/C12H22N2O2/c1-8(2)6-11-13-9(3)12(15)14(11)10-4-5-16-7-10/h8-11,13H,4-7H2,1-3H3. The first-order valence-electron chi connectivity index (χ1n) is 6.25. The molecule has 2 saturated heterocycles. The lowest BCUT2D eigenvalue weighted by molar-refractivity contribution is -0.132. The summed E-state index contributed by atoms with van der Waals surface area (Å²) in [5.41, 5.74) is 0. The Morgan fingerprint density at radius 3 is 2.88 bits per heavy atom. The van der Waals surface area contributed by atoms with Crippen LogP contribution in [0, 0.1) is 5.92 Å². The second kappa shape index (κ2) is 4.72. The van der Waals surface area contributed by atoms with Crippen molar-refractivity contribution in [1.82, 2.24) is 10.2 Å². The lowest BCUT2D eigenvalue weighted by Crippen LogP contribution is -2.45. The van der Waals surface area contributed by atoms with Crippen molar-refractivity contribution < 1.29 is 9.53 Å². The van der Waals surface area contributed by atoms with Gasteiger partial charge in [0.15, 0.2) is 0 Å². The van der Waals surface area contributed by atoms with E-state index in [4.69, 9.17) is 4.74 Å². The molecule has 2 aliphatic heterocycles. The Balaban J connectivity index is 2.07. The van der Waals surface area contributed by atoms with Crippen molar-refractivity contribution in [3.8, 4) is 0 Å². The molecule has 16 heavy (non-hydrogen) atoms. The number of hydrogen-bond donors (Lipinski definition) is 1. The molecule has 0 spiro atoms. The summed E-state index contributed by atoms with van der Waals surface area (Å²) in [4.78, 5) is 14.1. The monoisotopic (exact) mass is 226 g/mol. The molecule has 1 amide bonds. The second-order valence-electron chi connectivity index (χ2n) is 5.30. The molecule has 2 rings (SSSR count). The molecule has 3 atom stereocenters. The number of nitrogens with one attached hydrogen (secondary N) is 1. The van der Waals surface area contributed by atoms with Crippen molar-refractivity contribution >= 4 is 5.91 Å². The van der Waals surface area contributed by atoms with E-state index in [2.05, 4.69) is 19.2 Å². The average molecular weight is 226 g/mol. The van der Waals surface area contributed by atoms with E-state index in [-0.39, 0.29) is 24.2 Å². The predicted octanol–water partition coefficient (Wildman–Crippen LogP) is 0.968. The van der Waals surface area contributed by atoms with Gasteiger partial charge in [-0.05, 0) is 25.7 Å². The molecular formula is C12H22N2O2. The molecule has 2 fully saturated rings. The van der Waals surface area contributed by atoms with E-state index in [1.165, 1.54) is 0 Å². The quantitative estimate of drug-likeness (QED) is 0.779. The van der Waals surface area contributed by atoms with E-state index < -0.39 is 0 Å². The Hall–Kier alpha value is -0.610. The van der Waals surface area contributed by atoms with Gasteiger partial charge in [-0.3, -0.25) is 10.1 Å². The summed E-state index contributed by atoms with van der Waals surface area (Å²) < 4.78 is 5.38. The zero-order valence-electron chi connectivity index (χ0n) is 10.4. The van der Waals surface area contributed by atoms with Gasteiger partial charge in [0.2, 0.25) is 5.91 Å². The number of ether oxygens (including phenoxy) is 1. The number of rotatable bonds is 3. The molecule has 3 unspecified atom stereocenters. The molecule has 0 aliphatic carbocycles. The zero-order chi connectivity index (χ0) is 11.7. The molecule has 2 aliphatic rings. The molecule has 92 valence electrons. The van der Waals surface area contributed by atoms with Crippen molar-refractivity contribution in [2.45, 2.75) is 51.9 Å². The molecule has 4 heteroatoms. The second-order valence-corrected chi connectivity index (χ2v) is 5.30. The van der Waals surface area contributed by atoms with Gasteiger partial charge in [0.1, 0.15) is 0 Å². The number of carbonyl (C=O) groups excluding carboxylic acids is 1. The molecule has 2 heterocycles. The molecule has 0 aromatic heterocycles. The van der Waals surface area contributed by atoms with Crippen LogP contribution in [-0.2, 0) is 9.53 Å². The number of hydrogen-bond acceptors (Lipinski definition) is 3. The molecule has 0 aromatic rings. The van der Waals surface area contributed by atoms with Crippen molar-refractivity contribution in [2.24, 2.45) is 5.92 Å². The molecule has 0 bridgehead atoms. The number of carbonyl (C=O) groups is 1.